The maximum Gasteiger partial charge on any atom is 0.337 e. The number of hydrogen-bond donors (Lipinski definition) is 1. The van der Waals surface area contributed by atoms with Gasteiger partial charge in [-0.15, -0.1) is 0 Å². The number of carbonyl (C=O) groups excluding carboxylic acids is 2. The van der Waals surface area contributed by atoms with Gasteiger partial charge in [-0.05, 0) is 67.6 Å². The Labute approximate surface area is 211 Å². The van der Waals surface area contributed by atoms with E-state index in [1.807, 2.05) is 37.3 Å². The van der Waals surface area contributed by atoms with E-state index < -0.39 is 11.4 Å². The Morgan fingerprint density at radius 1 is 1.06 bits per heavy atom. The number of carbonyl (C=O) groups is 2. The zero-order valence-electron chi connectivity index (χ0n) is 21.1. The fourth-order valence-corrected chi connectivity index (χ4v) is 5.44. The van der Waals surface area contributed by atoms with Crippen molar-refractivity contribution in [3.63, 3.8) is 0 Å². The van der Waals surface area contributed by atoms with Crippen LogP contribution in [0.25, 0.3) is 0 Å². The van der Waals surface area contributed by atoms with Crippen LogP contribution in [-0.4, -0.2) is 26.1 Å². The minimum atomic E-state index is -0.589. The van der Waals surface area contributed by atoms with Crippen LogP contribution in [0.2, 0.25) is 0 Å². The first kappa shape index (κ1) is 23.9. The highest BCUT2D eigenvalue weighted by Crippen LogP contribution is 2.44. The molecule has 1 N–H and O–H groups in total. The molecule has 1 amide bonds. The monoisotopic (exact) mass is 485 g/mol. The summed E-state index contributed by atoms with van der Waals surface area (Å²) >= 11 is 0. The molecule has 0 saturated heterocycles. The largest absolute Gasteiger partial charge is 0.497 e. The Morgan fingerprint density at radius 2 is 1.89 bits per heavy atom. The minimum absolute atomic E-state index is 0.0147. The number of aryl methyl sites for hydroxylation is 2. The molecule has 3 atom stereocenters. The van der Waals surface area contributed by atoms with Crippen molar-refractivity contribution < 1.29 is 23.8 Å². The summed E-state index contributed by atoms with van der Waals surface area (Å²) in [5.74, 6) is 0.949. The number of ether oxygens (including phenoxy) is 3. The van der Waals surface area contributed by atoms with Crippen molar-refractivity contribution in [2.45, 2.75) is 50.7 Å². The second kappa shape index (κ2) is 9.34. The number of amides is 1. The van der Waals surface area contributed by atoms with Gasteiger partial charge in [-0.25, -0.2) is 4.79 Å². The van der Waals surface area contributed by atoms with E-state index >= 15 is 0 Å². The third-order valence-electron chi connectivity index (χ3n) is 7.55. The van der Waals surface area contributed by atoms with Crippen LogP contribution in [0.1, 0.15) is 70.1 Å². The molecule has 2 aliphatic rings. The molecule has 36 heavy (non-hydrogen) atoms. The van der Waals surface area contributed by atoms with Crippen molar-refractivity contribution in [2.24, 2.45) is 0 Å². The zero-order chi connectivity index (χ0) is 25.4. The molecule has 0 bridgehead atoms. The number of benzene rings is 3. The van der Waals surface area contributed by atoms with Crippen LogP contribution in [-0.2, 0) is 21.4 Å². The molecule has 1 aliphatic carbocycles. The van der Waals surface area contributed by atoms with Gasteiger partial charge in [0.1, 0.15) is 17.6 Å². The summed E-state index contributed by atoms with van der Waals surface area (Å²) in [6.07, 6.45) is 1.85. The van der Waals surface area contributed by atoms with Crippen LogP contribution in [0.15, 0.2) is 60.7 Å². The number of methoxy groups -OCH3 is 2. The van der Waals surface area contributed by atoms with E-state index in [2.05, 4.69) is 30.4 Å². The Balaban J connectivity index is 1.47. The standard InChI is InChI=1S/C30H31NO5/c1-18-8-11-24-19(14-18)12-13-30(24,2)29(33)31-25-17-26(20-6-5-7-21(15-20)28(32)35-4)36-27-16-22(34-3)9-10-23(25)27/h5-11,14-16,25-26H,12-13,17H2,1-4H3,(H,31,33)/t25-,26-,30?/m1/s1. The molecule has 1 aliphatic heterocycles. The van der Waals surface area contributed by atoms with Crippen LogP contribution in [0.3, 0.4) is 0 Å². The third kappa shape index (κ3) is 4.21. The molecule has 6 heteroatoms. The average molecular weight is 486 g/mol. The Kier molecular flexibility index (Phi) is 6.20. The van der Waals surface area contributed by atoms with Gasteiger partial charge in [-0.2, -0.15) is 0 Å². The molecule has 0 aromatic heterocycles. The van der Waals surface area contributed by atoms with Gasteiger partial charge in [0.25, 0.3) is 0 Å². The molecule has 5 rings (SSSR count). The van der Waals surface area contributed by atoms with Crippen LogP contribution >= 0.6 is 0 Å². The number of nitrogens with one attached hydrogen (secondary N) is 1. The lowest BCUT2D eigenvalue weighted by atomic mass is 9.82. The topological polar surface area (TPSA) is 73.9 Å². The van der Waals surface area contributed by atoms with E-state index in [1.165, 1.54) is 18.2 Å². The first-order valence-corrected chi connectivity index (χ1v) is 12.3. The Morgan fingerprint density at radius 3 is 2.67 bits per heavy atom. The van der Waals surface area contributed by atoms with E-state index in [0.717, 1.165) is 29.5 Å². The van der Waals surface area contributed by atoms with Crippen LogP contribution in [0.5, 0.6) is 11.5 Å². The first-order chi connectivity index (χ1) is 17.3. The van der Waals surface area contributed by atoms with Gasteiger partial charge in [0, 0.05) is 18.1 Å². The van der Waals surface area contributed by atoms with Crippen molar-refractivity contribution in [3.8, 4) is 11.5 Å². The van der Waals surface area contributed by atoms with Crippen LogP contribution in [0, 0.1) is 6.92 Å². The van der Waals surface area contributed by atoms with Gasteiger partial charge in [0.05, 0.1) is 31.2 Å². The molecule has 6 nitrogen and oxygen atoms in total. The van der Waals surface area contributed by atoms with Gasteiger partial charge in [-0.1, -0.05) is 35.9 Å². The summed E-state index contributed by atoms with van der Waals surface area (Å²) in [5.41, 5.74) is 5.20. The maximum absolute atomic E-state index is 13.8. The lowest BCUT2D eigenvalue weighted by Gasteiger charge is -2.35. The predicted octanol–water partition coefficient (Wildman–Crippen LogP) is 5.38. The number of rotatable bonds is 5. The molecule has 0 fully saturated rings. The molecular formula is C30H31NO5. The van der Waals surface area contributed by atoms with E-state index in [-0.39, 0.29) is 18.1 Å². The van der Waals surface area contributed by atoms with Gasteiger partial charge < -0.3 is 19.5 Å². The minimum Gasteiger partial charge on any atom is -0.497 e. The lowest BCUT2D eigenvalue weighted by Crippen LogP contribution is -2.44. The summed E-state index contributed by atoms with van der Waals surface area (Å²) < 4.78 is 16.7. The van der Waals surface area contributed by atoms with Gasteiger partial charge in [-0.3, -0.25) is 4.79 Å². The highest BCUT2D eigenvalue weighted by Gasteiger charge is 2.43. The summed E-state index contributed by atoms with van der Waals surface area (Å²) in [4.78, 5) is 25.9. The fraction of sp³-hybridized carbons (Fsp3) is 0.333. The molecular weight excluding hydrogens is 454 g/mol. The smallest absolute Gasteiger partial charge is 0.337 e. The number of fused-ring (bicyclic) bond motifs is 2. The quantitative estimate of drug-likeness (QED) is 0.492. The Hall–Kier alpha value is -3.80. The Bertz CT molecular complexity index is 1330. The second-order valence-electron chi connectivity index (χ2n) is 9.88. The predicted molar refractivity (Wildman–Crippen MR) is 136 cm³/mol. The maximum atomic E-state index is 13.8. The molecule has 1 heterocycles. The van der Waals surface area contributed by atoms with Crippen molar-refractivity contribution in [3.05, 3.63) is 94.0 Å². The summed E-state index contributed by atoms with van der Waals surface area (Å²) in [7, 11) is 2.98. The van der Waals surface area contributed by atoms with E-state index in [4.69, 9.17) is 14.2 Å². The molecule has 0 spiro atoms. The van der Waals surface area contributed by atoms with Crippen molar-refractivity contribution in [1.82, 2.24) is 5.32 Å². The number of hydrogen-bond acceptors (Lipinski definition) is 5. The molecule has 3 aromatic rings. The number of esters is 1. The van der Waals surface area contributed by atoms with Gasteiger partial charge >= 0.3 is 5.97 Å². The fourth-order valence-electron chi connectivity index (χ4n) is 5.44. The van der Waals surface area contributed by atoms with Crippen molar-refractivity contribution >= 4 is 11.9 Å². The SMILES string of the molecule is COC(=O)c1cccc([C@H]2C[C@@H](NC(=O)C3(C)CCc4cc(C)ccc43)c3ccc(OC)cc3O2)c1. The normalized spacial score (nSPS) is 22.1. The molecule has 1 unspecified atom stereocenters. The average Bonchev–Trinajstić information content (AvgIpc) is 3.24. The van der Waals surface area contributed by atoms with E-state index in [1.54, 1.807) is 19.2 Å². The highest BCUT2D eigenvalue weighted by molar-refractivity contribution is 5.90. The zero-order valence-corrected chi connectivity index (χ0v) is 21.1. The highest BCUT2D eigenvalue weighted by atomic mass is 16.5. The molecule has 0 radical (unpaired) electrons. The van der Waals surface area contributed by atoms with Crippen LogP contribution < -0.4 is 14.8 Å². The molecule has 0 saturated carbocycles. The van der Waals surface area contributed by atoms with Crippen LogP contribution in [0.4, 0.5) is 0 Å². The molecule has 186 valence electrons. The molecule has 3 aromatic carbocycles. The first-order valence-electron chi connectivity index (χ1n) is 12.3. The van der Waals surface area contributed by atoms with E-state index in [9.17, 15) is 9.59 Å². The van der Waals surface area contributed by atoms with E-state index in [0.29, 0.717) is 23.5 Å². The second-order valence-corrected chi connectivity index (χ2v) is 9.88. The lowest BCUT2D eigenvalue weighted by molar-refractivity contribution is -0.127. The summed E-state index contributed by atoms with van der Waals surface area (Å²) in [6, 6.07) is 19.0. The van der Waals surface area contributed by atoms with Crippen molar-refractivity contribution in [1.29, 1.82) is 0 Å². The van der Waals surface area contributed by atoms with Crippen molar-refractivity contribution in [2.75, 3.05) is 14.2 Å². The van der Waals surface area contributed by atoms with Gasteiger partial charge in [0.2, 0.25) is 5.91 Å². The van der Waals surface area contributed by atoms with Gasteiger partial charge in [0.15, 0.2) is 0 Å². The summed E-state index contributed by atoms with van der Waals surface area (Å²) in [6.45, 7) is 4.12. The third-order valence-corrected chi connectivity index (χ3v) is 7.55. The summed E-state index contributed by atoms with van der Waals surface area (Å²) in [5, 5.41) is 3.35.